The molecule has 0 atom stereocenters. The number of nitrogens with zero attached hydrogens (tertiary/aromatic N) is 2. The summed E-state index contributed by atoms with van der Waals surface area (Å²) in [6.45, 7) is 4.54. The molecule has 2 N–H and O–H groups in total. The van der Waals surface area contributed by atoms with Crippen LogP contribution in [0.1, 0.15) is 41.4 Å². The lowest BCUT2D eigenvalue weighted by Crippen LogP contribution is -2.23. The molecule has 2 aromatic carbocycles. The Bertz CT molecular complexity index is 868. The van der Waals surface area contributed by atoms with Crippen molar-refractivity contribution in [1.29, 1.82) is 0 Å². The van der Waals surface area contributed by atoms with Crippen LogP contribution in [0.2, 0.25) is 0 Å². The van der Waals surface area contributed by atoms with Gasteiger partial charge in [0.2, 0.25) is 0 Å². The van der Waals surface area contributed by atoms with Crippen LogP contribution in [0.15, 0.2) is 48.8 Å². The van der Waals surface area contributed by atoms with E-state index >= 15 is 0 Å². The van der Waals surface area contributed by atoms with Crippen LogP contribution in [0.5, 0.6) is 0 Å². The molecular formula is C19H21N3O2. The van der Waals surface area contributed by atoms with Crippen molar-refractivity contribution >= 4 is 16.9 Å². The van der Waals surface area contributed by atoms with Crippen molar-refractivity contribution in [1.82, 2.24) is 14.9 Å². The zero-order chi connectivity index (χ0) is 17.1. The number of carbonyl (C=O) groups is 1. The number of aliphatic hydroxyl groups excluding tert-OH is 1. The molecular weight excluding hydrogens is 302 g/mol. The lowest BCUT2D eigenvalue weighted by molar-refractivity contribution is 0.0950. The molecule has 0 aliphatic carbocycles. The number of nitrogens with one attached hydrogen (secondary N) is 1. The number of hydrogen-bond donors (Lipinski definition) is 2. The van der Waals surface area contributed by atoms with Crippen LogP contribution in [0.25, 0.3) is 11.0 Å². The average Bonchev–Trinajstić information content (AvgIpc) is 3.03. The molecule has 0 aliphatic rings. The van der Waals surface area contributed by atoms with Crippen molar-refractivity contribution in [3.05, 3.63) is 65.5 Å². The zero-order valence-electron chi connectivity index (χ0n) is 13.9. The van der Waals surface area contributed by atoms with E-state index in [0.717, 1.165) is 22.2 Å². The number of hydrogen-bond acceptors (Lipinski definition) is 3. The highest BCUT2D eigenvalue weighted by Crippen LogP contribution is 2.19. The molecule has 1 amide bonds. The summed E-state index contributed by atoms with van der Waals surface area (Å²) in [7, 11) is 0. The molecule has 0 radical (unpaired) electrons. The fourth-order valence-corrected chi connectivity index (χ4v) is 2.75. The van der Waals surface area contributed by atoms with Crippen molar-refractivity contribution in [2.75, 3.05) is 0 Å². The Morgan fingerprint density at radius 3 is 2.67 bits per heavy atom. The third-order valence-corrected chi connectivity index (χ3v) is 4.12. The summed E-state index contributed by atoms with van der Waals surface area (Å²) in [5.41, 5.74) is 4.15. The van der Waals surface area contributed by atoms with Gasteiger partial charge in [-0.2, -0.15) is 0 Å². The largest absolute Gasteiger partial charge is 0.392 e. The van der Waals surface area contributed by atoms with Gasteiger partial charge in [0, 0.05) is 18.2 Å². The first-order valence-electron chi connectivity index (χ1n) is 8.02. The summed E-state index contributed by atoms with van der Waals surface area (Å²) in [5, 5.41) is 12.2. The van der Waals surface area contributed by atoms with E-state index in [-0.39, 0.29) is 12.5 Å². The van der Waals surface area contributed by atoms with Gasteiger partial charge in [-0.15, -0.1) is 0 Å². The molecule has 24 heavy (non-hydrogen) atoms. The normalized spacial score (nSPS) is 11.2. The van der Waals surface area contributed by atoms with Crippen LogP contribution < -0.4 is 5.32 Å². The quantitative estimate of drug-likeness (QED) is 0.758. The monoisotopic (exact) mass is 323 g/mol. The van der Waals surface area contributed by atoms with Gasteiger partial charge in [0.1, 0.15) is 0 Å². The third kappa shape index (κ3) is 3.16. The number of aromatic nitrogens is 2. The van der Waals surface area contributed by atoms with Gasteiger partial charge in [-0.05, 0) is 43.2 Å². The molecule has 5 heteroatoms. The van der Waals surface area contributed by atoms with E-state index in [4.69, 9.17) is 0 Å². The Balaban J connectivity index is 1.76. The fourth-order valence-electron chi connectivity index (χ4n) is 2.75. The summed E-state index contributed by atoms with van der Waals surface area (Å²) in [6, 6.07) is 13.4. The van der Waals surface area contributed by atoms with Gasteiger partial charge in [-0.3, -0.25) is 4.79 Å². The second-order valence-electron chi connectivity index (χ2n) is 6.06. The summed E-state index contributed by atoms with van der Waals surface area (Å²) in [5.74, 6) is -0.149. The standard InChI is InChI=1S/C19H21N3O2/c1-13(2)22-12-21-17-9-14(7-8-18(17)22)19(24)20-10-15-5-3-4-6-16(15)11-23/h3-9,12-13,23H,10-11H2,1-2H3,(H,20,24). The average molecular weight is 323 g/mol. The second-order valence-corrected chi connectivity index (χ2v) is 6.06. The van der Waals surface area contributed by atoms with Crippen LogP contribution in [0.4, 0.5) is 0 Å². The van der Waals surface area contributed by atoms with Crippen molar-refractivity contribution in [2.45, 2.75) is 33.0 Å². The van der Waals surface area contributed by atoms with Crippen LogP contribution in [0, 0.1) is 0 Å². The van der Waals surface area contributed by atoms with E-state index in [1.165, 1.54) is 0 Å². The molecule has 0 unspecified atom stereocenters. The maximum absolute atomic E-state index is 12.4. The molecule has 0 aliphatic heterocycles. The van der Waals surface area contributed by atoms with Gasteiger partial charge in [0.25, 0.3) is 5.91 Å². The molecule has 0 bridgehead atoms. The minimum Gasteiger partial charge on any atom is -0.392 e. The molecule has 0 fully saturated rings. The SMILES string of the molecule is CC(C)n1cnc2cc(C(=O)NCc3ccccc3CO)ccc21. The van der Waals surface area contributed by atoms with E-state index in [0.29, 0.717) is 18.2 Å². The minimum absolute atomic E-state index is 0.0371. The summed E-state index contributed by atoms with van der Waals surface area (Å²) in [4.78, 5) is 16.8. The zero-order valence-corrected chi connectivity index (χ0v) is 13.9. The second kappa shape index (κ2) is 6.84. The summed E-state index contributed by atoms with van der Waals surface area (Å²) >= 11 is 0. The maximum atomic E-state index is 12.4. The van der Waals surface area contributed by atoms with E-state index in [1.54, 1.807) is 6.33 Å². The smallest absolute Gasteiger partial charge is 0.251 e. The van der Waals surface area contributed by atoms with Crippen LogP contribution in [-0.2, 0) is 13.2 Å². The maximum Gasteiger partial charge on any atom is 0.251 e. The lowest BCUT2D eigenvalue weighted by Gasteiger charge is -2.10. The molecule has 3 rings (SSSR count). The Morgan fingerprint density at radius 2 is 1.96 bits per heavy atom. The van der Waals surface area contributed by atoms with Gasteiger partial charge < -0.3 is 15.0 Å². The van der Waals surface area contributed by atoms with Crippen LogP contribution >= 0.6 is 0 Å². The predicted octanol–water partition coefficient (Wildman–Crippen LogP) is 3.04. The number of carbonyl (C=O) groups excluding carboxylic acids is 1. The summed E-state index contributed by atoms with van der Waals surface area (Å²) in [6.07, 6.45) is 1.80. The van der Waals surface area contributed by atoms with E-state index < -0.39 is 0 Å². The molecule has 0 saturated carbocycles. The molecule has 1 heterocycles. The molecule has 124 valence electrons. The van der Waals surface area contributed by atoms with Gasteiger partial charge in [0.15, 0.2) is 0 Å². The van der Waals surface area contributed by atoms with Gasteiger partial charge >= 0.3 is 0 Å². The molecule has 0 saturated heterocycles. The van der Waals surface area contributed by atoms with E-state index in [9.17, 15) is 9.90 Å². The Morgan fingerprint density at radius 1 is 1.21 bits per heavy atom. The van der Waals surface area contributed by atoms with E-state index in [2.05, 4.69) is 28.7 Å². The molecule has 5 nitrogen and oxygen atoms in total. The highest BCUT2D eigenvalue weighted by atomic mass is 16.3. The van der Waals surface area contributed by atoms with Crippen LogP contribution in [0.3, 0.4) is 0 Å². The van der Waals surface area contributed by atoms with E-state index in [1.807, 2.05) is 42.5 Å². The van der Waals surface area contributed by atoms with Gasteiger partial charge in [-0.25, -0.2) is 4.98 Å². The first kappa shape index (κ1) is 16.2. The number of amides is 1. The first-order valence-corrected chi connectivity index (χ1v) is 8.02. The Hall–Kier alpha value is -2.66. The Kier molecular flexibility index (Phi) is 4.62. The van der Waals surface area contributed by atoms with Crippen molar-refractivity contribution in [3.63, 3.8) is 0 Å². The first-order chi connectivity index (χ1) is 11.6. The number of aliphatic hydroxyl groups is 1. The molecule has 3 aromatic rings. The van der Waals surface area contributed by atoms with Crippen molar-refractivity contribution in [3.8, 4) is 0 Å². The minimum atomic E-state index is -0.149. The van der Waals surface area contributed by atoms with Gasteiger partial charge in [-0.1, -0.05) is 24.3 Å². The highest BCUT2D eigenvalue weighted by Gasteiger charge is 2.11. The third-order valence-electron chi connectivity index (χ3n) is 4.12. The van der Waals surface area contributed by atoms with Gasteiger partial charge in [0.05, 0.1) is 24.0 Å². The number of benzene rings is 2. The Labute approximate surface area is 141 Å². The predicted molar refractivity (Wildman–Crippen MR) is 93.7 cm³/mol. The fraction of sp³-hybridized carbons (Fsp3) is 0.263. The van der Waals surface area contributed by atoms with Crippen molar-refractivity contribution in [2.24, 2.45) is 0 Å². The highest BCUT2D eigenvalue weighted by molar-refractivity contribution is 5.97. The molecule has 0 spiro atoms. The summed E-state index contributed by atoms with van der Waals surface area (Å²) < 4.78 is 2.08. The number of rotatable bonds is 5. The molecule has 1 aromatic heterocycles. The number of fused-ring (bicyclic) bond motifs is 1. The van der Waals surface area contributed by atoms with Crippen LogP contribution in [-0.4, -0.2) is 20.6 Å². The topological polar surface area (TPSA) is 67.2 Å². The van der Waals surface area contributed by atoms with Crippen molar-refractivity contribution < 1.29 is 9.90 Å². The number of imidazole rings is 1. The lowest BCUT2D eigenvalue weighted by atomic mass is 10.1.